The summed E-state index contributed by atoms with van der Waals surface area (Å²) in [7, 11) is 0. The Hall–Kier alpha value is -0.860. The Morgan fingerprint density at radius 1 is 1.10 bits per heavy atom. The van der Waals surface area contributed by atoms with Crippen LogP contribution in [0, 0.1) is 13.8 Å². The SMILES string of the molecule is CCOC1(C(O)Cc2cc(C)cc(C)c2)CCCCC1. The second kappa shape index (κ2) is 6.73. The van der Waals surface area contributed by atoms with E-state index in [1.807, 2.05) is 6.92 Å². The average molecular weight is 276 g/mol. The maximum atomic E-state index is 10.8. The summed E-state index contributed by atoms with van der Waals surface area (Å²) in [6, 6.07) is 6.53. The van der Waals surface area contributed by atoms with Gasteiger partial charge >= 0.3 is 0 Å². The molecule has 2 heteroatoms. The van der Waals surface area contributed by atoms with Gasteiger partial charge in [0.05, 0.1) is 11.7 Å². The fraction of sp³-hybridized carbons (Fsp3) is 0.667. The third kappa shape index (κ3) is 3.62. The van der Waals surface area contributed by atoms with E-state index in [1.54, 1.807) is 0 Å². The molecule has 0 heterocycles. The van der Waals surface area contributed by atoms with Gasteiger partial charge in [0.15, 0.2) is 0 Å². The van der Waals surface area contributed by atoms with Crippen molar-refractivity contribution in [1.29, 1.82) is 0 Å². The highest BCUT2D eigenvalue weighted by molar-refractivity contribution is 5.29. The largest absolute Gasteiger partial charge is 0.390 e. The summed E-state index contributed by atoms with van der Waals surface area (Å²) < 4.78 is 6.01. The van der Waals surface area contributed by atoms with Crippen molar-refractivity contribution in [2.24, 2.45) is 0 Å². The van der Waals surface area contributed by atoms with Gasteiger partial charge in [0.1, 0.15) is 0 Å². The number of benzene rings is 1. The Morgan fingerprint density at radius 2 is 1.70 bits per heavy atom. The van der Waals surface area contributed by atoms with Crippen LogP contribution in [0.3, 0.4) is 0 Å². The van der Waals surface area contributed by atoms with Gasteiger partial charge in [-0.2, -0.15) is 0 Å². The topological polar surface area (TPSA) is 29.5 Å². The molecule has 1 fully saturated rings. The van der Waals surface area contributed by atoms with Gasteiger partial charge in [0.25, 0.3) is 0 Å². The van der Waals surface area contributed by atoms with Crippen LogP contribution in [0.15, 0.2) is 18.2 Å². The Labute approximate surface area is 123 Å². The lowest BCUT2D eigenvalue weighted by Gasteiger charge is -2.41. The lowest BCUT2D eigenvalue weighted by atomic mass is 9.78. The van der Waals surface area contributed by atoms with Crippen molar-refractivity contribution in [2.75, 3.05) is 6.61 Å². The van der Waals surface area contributed by atoms with E-state index in [4.69, 9.17) is 4.74 Å². The van der Waals surface area contributed by atoms with Crippen molar-refractivity contribution in [3.63, 3.8) is 0 Å². The van der Waals surface area contributed by atoms with Crippen molar-refractivity contribution in [2.45, 2.75) is 71.0 Å². The molecule has 112 valence electrons. The molecule has 2 nitrogen and oxygen atoms in total. The van der Waals surface area contributed by atoms with Crippen LogP contribution in [0.1, 0.15) is 55.7 Å². The normalized spacial score (nSPS) is 19.8. The minimum atomic E-state index is -0.399. The number of rotatable bonds is 5. The monoisotopic (exact) mass is 276 g/mol. The summed E-state index contributed by atoms with van der Waals surface area (Å²) in [5, 5.41) is 10.8. The molecule has 1 aromatic rings. The van der Waals surface area contributed by atoms with E-state index in [-0.39, 0.29) is 5.60 Å². The first-order valence-electron chi connectivity index (χ1n) is 7.95. The van der Waals surface area contributed by atoms with Crippen LogP contribution in [-0.4, -0.2) is 23.4 Å². The molecule has 1 aliphatic rings. The molecule has 1 atom stereocenters. The van der Waals surface area contributed by atoms with Crippen LogP contribution in [0.5, 0.6) is 0 Å². The summed E-state index contributed by atoms with van der Waals surface area (Å²) in [5.41, 5.74) is 3.44. The van der Waals surface area contributed by atoms with Crippen LogP contribution in [0.4, 0.5) is 0 Å². The second-order valence-corrected chi connectivity index (χ2v) is 6.27. The summed E-state index contributed by atoms with van der Waals surface area (Å²) in [5.74, 6) is 0. The molecule has 0 spiro atoms. The van der Waals surface area contributed by atoms with Gasteiger partial charge in [-0.15, -0.1) is 0 Å². The van der Waals surface area contributed by atoms with E-state index in [2.05, 4.69) is 32.0 Å². The van der Waals surface area contributed by atoms with Crippen molar-refractivity contribution in [1.82, 2.24) is 0 Å². The molecule has 20 heavy (non-hydrogen) atoms. The van der Waals surface area contributed by atoms with E-state index in [0.717, 1.165) is 12.8 Å². The zero-order chi connectivity index (χ0) is 14.6. The third-order valence-corrected chi connectivity index (χ3v) is 4.45. The highest BCUT2D eigenvalue weighted by Crippen LogP contribution is 2.36. The van der Waals surface area contributed by atoms with E-state index in [1.165, 1.54) is 36.0 Å². The first kappa shape index (κ1) is 15.5. The fourth-order valence-electron chi connectivity index (χ4n) is 3.61. The molecule has 1 aliphatic carbocycles. The van der Waals surface area contributed by atoms with Gasteiger partial charge in [0, 0.05) is 13.0 Å². The minimum absolute atomic E-state index is 0.315. The average Bonchev–Trinajstić information content (AvgIpc) is 2.38. The van der Waals surface area contributed by atoms with Crippen molar-refractivity contribution in [3.8, 4) is 0 Å². The quantitative estimate of drug-likeness (QED) is 0.882. The van der Waals surface area contributed by atoms with E-state index in [0.29, 0.717) is 13.0 Å². The molecule has 1 saturated carbocycles. The Bertz CT molecular complexity index is 407. The van der Waals surface area contributed by atoms with Crippen molar-refractivity contribution in [3.05, 3.63) is 34.9 Å². The second-order valence-electron chi connectivity index (χ2n) is 6.27. The van der Waals surface area contributed by atoms with E-state index < -0.39 is 6.10 Å². The number of hydrogen-bond donors (Lipinski definition) is 1. The number of aryl methyl sites for hydroxylation is 2. The van der Waals surface area contributed by atoms with Crippen LogP contribution in [-0.2, 0) is 11.2 Å². The Morgan fingerprint density at radius 3 is 2.25 bits per heavy atom. The zero-order valence-electron chi connectivity index (χ0n) is 13.1. The summed E-state index contributed by atoms with van der Waals surface area (Å²) in [4.78, 5) is 0. The lowest BCUT2D eigenvalue weighted by molar-refractivity contribution is -0.138. The summed E-state index contributed by atoms with van der Waals surface area (Å²) >= 11 is 0. The predicted octanol–water partition coefficient (Wildman–Crippen LogP) is 3.95. The summed E-state index contributed by atoms with van der Waals surface area (Å²) in [6.45, 7) is 6.94. The molecular weight excluding hydrogens is 248 g/mol. The smallest absolute Gasteiger partial charge is 0.0943 e. The fourth-order valence-corrected chi connectivity index (χ4v) is 3.61. The van der Waals surface area contributed by atoms with Gasteiger partial charge < -0.3 is 9.84 Å². The van der Waals surface area contributed by atoms with Crippen LogP contribution >= 0.6 is 0 Å². The number of hydrogen-bond acceptors (Lipinski definition) is 2. The highest BCUT2D eigenvalue weighted by atomic mass is 16.5. The molecule has 0 bridgehead atoms. The van der Waals surface area contributed by atoms with Crippen LogP contribution < -0.4 is 0 Å². The molecule has 0 aliphatic heterocycles. The van der Waals surface area contributed by atoms with Gasteiger partial charge in [0.2, 0.25) is 0 Å². The molecular formula is C18H28O2. The predicted molar refractivity (Wildman–Crippen MR) is 83.1 cm³/mol. The van der Waals surface area contributed by atoms with E-state index >= 15 is 0 Å². The number of aliphatic hydroxyl groups is 1. The maximum Gasteiger partial charge on any atom is 0.0943 e. The number of ether oxygens (including phenoxy) is 1. The first-order chi connectivity index (χ1) is 9.55. The first-order valence-corrected chi connectivity index (χ1v) is 7.95. The third-order valence-electron chi connectivity index (χ3n) is 4.45. The molecule has 0 amide bonds. The van der Waals surface area contributed by atoms with Gasteiger partial charge in [-0.1, -0.05) is 48.6 Å². The van der Waals surface area contributed by atoms with Gasteiger partial charge in [-0.25, -0.2) is 0 Å². The van der Waals surface area contributed by atoms with Crippen LogP contribution in [0.25, 0.3) is 0 Å². The van der Waals surface area contributed by atoms with Gasteiger partial charge in [-0.05, 0) is 39.2 Å². The van der Waals surface area contributed by atoms with Crippen LogP contribution in [0.2, 0.25) is 0 Å². The maximum absolute atomic E-state index is 10.8. The number of aliphatic hydroxyl groups excluding tert-OH is 1. The standard InChI is InChI=1S/C18H28O2/c1-4-20-18(8-6-5-7-9-18)17(19)13-16-11-14(2)10-15(3)12-16/h10-12,17,19H,4-9,13H2,1-3H3. The van der Waals surface area contributed by atoms with Crippen molar-refractivity contribution < 1.29 is 9.84 Å². The summed E-state index contributed by atoms with van der Waals surface area (Å²) in [6.07, 6.45) is 5.89. The molecule has 1 N–H and O–H groups in total. The minimum Gasteiger partial charge on any atom is -0.390 e. The van der Waals surface area contributed by atoms with E-state index in [9.17, 15) is 5.11 Å². The highest BCUT2D eigenvalue weighted by Gasteiger charge is 2.39. The van der Waals surface area contributed by atoms with Crippen molar-refractivity contribution >= 4 is 0 Å². The molecule has 0 saturated heterocycles. The van der Waals surface area contributed by atoms with Gasteiger partial charge in [-0.3, -0.25) is 0 Å². The zero-order valence-corrected chi connectivity index (χ0v) is 13.1. The Kier molecular flexibility index (Phi) is 5.22. The lowest BCUT2D eigenvalue weighted by Crippen LogP contribution is -2.47. The molecule has 0 aromatic heterocycles. The molecule has 2 rings (SSSR count). The Balaban J connectivity index is 2.13. The molecule has 0 radical (unpaired) electrons. The molecule has 1 unspecified atom stereocenters. The molecule has 1 aromatic carbocycles.